The molecule has 1 aromatic rings. The molecule has 0 spiro atoms. The fourth-order valence-electron chi connectivity index (χ4n) is 2.70. The van der Waals surface area contributed by atoms with Gasteiger partial charge in [0.1, 0.15) is 5.25 Å². The smallest absolute Gasteiger partial charge is 0.238 e. The van der Waals surface area contributed by atoms with E-state index in [-0.39, 0.29) is 0 Å². The minimum atomic E-state index is -3.44. The maximum absolute atomic E-state index is 12.5. The van der Waals surface area contributed by atoms with E-state index in [1.165, 1.54) is 6.92 Å². The molecule has 1 aliphatic carbocycles. The normalized spacial score (nSPS) is 18.6. The third kappa shape index (κ3) is 3.23. The molecule has 4 nitrogen and oxygen atoms in total. The maximum atomic E-state index is 12.5. The summed E-state index contributed by atoms with van der Waals surface area (Å²) in [6, 6.07) is 7.83. The molecule has 122 valence electrons. The van der Waals surface area contributed by atoms with Crippen LogP contribution in [-0.2, 0) is 20.2 Å². The van der Waals surface area contributed by atoms with E-state index in [1.807, 2.05) is 24.3 Å². The van der Waals surface area contributed by atoms with Crippen LogP contribution in [0.4, 0.5) is 0 Å². The summed E-state index contributed by atoms with van der Waals surface area (Å²) >= 11 is 3.45. The largest absolute Gasteiger partial charge is 0.345 e. The molecule has 1 amide bonds. The van der Waals surface area contributed by atoms with E-state index >= 15 is 0 Å². The van der Waals surface area contributed by atoms with Crippen LogP contribution < -0.4 is 5.32 Å². The van der Waals surface area contributed by atoms with E-state index in [9.17, 15) is 13.2 Å². The third-order valence-electron chi connectivity index (χ3n) is 4.47. The van der Waals surface area contributed by atoms with Crippen molar-refractivity contribution in [1.82, 2.24) is 5.32 Å². The van der Waals surface area contributed by atoms with Crippen molar-refractivity contribution in [3.05, 3.63) is 34.3 Å². The van der Waals surface area contributed by atoms with E-state index in [0.717, 1.165) is 29.3 Å². The number of carbonyl (C=O) groups is 1. The molecule has 1 atom stereocenters. The van der Waals surface area contributed by atoms with Crippen LogP contribution in [0.3, 0.4) is 0 Å². The van der Waals surface area contributed by atoms with Crippen LogP contribution in [0, 0.1) is 0 Å². The molecular formula is C16H22BrNO3S. The molecule has 0 aliphatic heterocycles. The SMILES string of the molecule is CC(C)S(=O)(=O)C(C)C(=O)NC1(c2cccc(Br)c2)CCC1. The van der Waals surface area contributed by atoms with Crippen LogP contribution in [0.5, 0.6) is 0 Å². The van der Waals surface area contributed by atoms with Gasteiger partial charge >= 0.3 is 0 Å². The summed E-state index contributed by atoms with van der Waals surface area (Å²) in [5.74, 6) is -0.409. The number of amides is 1. The maximum Gasteiger partial charge on any atom is 0.238 e. The van der Waals surface area contributed by atoms with Gasteiger partial charge in [-0.1, -0.05) is 28.1 Å². The van der Waals surface area contributed by atoms with Crippen LogP contribution in [0.15, 0.2) is 28.7 Å². The van der Waals surface area contributed by atoms with E-state index < -0.39 is 31.8 Å². The number of hydrogen-bond donors (Lipinski definition) is 1. The molecule has 6 heteroatoms. The van der Waals surface area contributed by atoms with Crippen molar-refractivity contribution in [3.8, 4) is 0 Å². The molecule has 0 heterocycles. The fourth-order valence-corrected chi connectivity index (χ4v) is 4.27. The number of halogens is 1. The standard InChI is InChI=1S/C16H22BrNO3S/c1-11(2)22(20,21)12(3)15(19)18-16(8-5-9-16)13-6-4-7-14(17)10-13/h4,6-7,10-12H,5,8-9H2,1-3H3,(H,18,19). The van der Waals surface area contributed by atoms with Crippen molar-refractivity contribution in [2.75, 3.05) is 0 Å². The van der Waals surface area contributed by atoms with Gasteiger partial charge in [0.15, 0.2) is 9.84 Å². The fraction of sp³-hybridized carbons (Fsp3) is 0.562. The van der Waals surface area contributed by atoms with Gasteiger partial charge in [-0.2, -0.15) is 0 Å². The Morgan fingerprint density at radius 2 is 1.91 bits per heavy atom. The molecule has 1 aromatic carbocycles. The van der Waals surface area contributed by atoms with Crippen LogP contribution in [0.2, 0.25) is 0 Å². The first-order valence-corrected chi connectivity index (χ1v) is 9.90. The summed E-state index contributed by atoms with van der Waals surface area (Å²) in [6.07, 6.45) is 2.70. The van der Waals surface area contributed by atoms with Gasteiger partial charge in [-0.05, 0) is 57.7 Å². The second-order valence-electron chi connectivity index (χ2n) is 6.22. The molecule has 1 aliphatic rings. The molecule has 1 saturated carbocycles. The first kappa shape index (κ1) is 17.5. The summed E-state index contributed by atoms with van der Waals surface area (Å²) in [6.45, 7) is 4.68. The first-order valence-electron chi connectivity index (χ1n) is 7.50. The number of hydrogen-bond acceptors (Lipinski definition) is 3. The highest BCUT2D eigenvalue weighted by Gasteiger charge is 2.42. The van der Waals surface area contributed by atoms with Crippen molar-refractivity contribution in [1.29, 1.82) is 0 Å². The lowest BCUT2D eigenvalue weighted by Gasteiger charge is -2.43. The Labute approximate surface area is 140 Å². The van der Waals surface area contributed by atoms with E-state index in [0.29, 0.717) is 0 Å². The van der Waals surface area contributed by atoms with Gasteiger partial charge in [0, 0.05) is 4.47 Å². The Morgan fingerprint density at radius 1 is 1.27 bits per heavy atom. The van der Waals surface area contributed by atoms with Crippen molar-refractivity contribution >= 4 is 31.7 Å². The first-order chi connectivity index (χ1) is 10.2. The number of nitrogens with one attached hydrogen (secondary N) is 1. The average Bonchev–Trinajstić information content (AvgIpc) is 2.41. The zero-order valence-electron chi connectivity index (χ0n) is 13.1. The Hall–Kier alpha value is -0.880. The van der Waals surface area contributed by atoms with Gasteiger partial charge in [-0.25, -0.2) is 8.42 Å². The summed E-state index contributed by atoms with van der Waals surface area (Å²) in [5.41, 5.74) is 0.595. The lowest BCUT2D eigenvalue weighted by molar-refractivity contribution is -0.123. The second kappa shape index (κ2) is 6.32. The highest BCUT2D eigenvalue weighted by atomic mass is 79.9. The number of carbonyl (C=O) groups excluding carboxylic acids is 1. The van der Waals surface area contributed by atoms with E-state index in [1.54, 1.807) is 13.8 Å². The Bertz CT molecular complexity index is 666. The minimum Gasteiger partial charge on any atom is -0.345 e. The molecular weight excluding hydrogens is 366 g/mol. The van der Waals surface area contributed by atoms with Crippen molar-refractivity contribution in [2.45, 2.75) is 56.1 Å². The Kier molecular flexibility index (Phi) is 5.02. The molecule has 1 fully saturated rings. The number of benzene rings is 1. The molecule has 1 unspecified atom stereocenters. The molecule has 0 bridgehead atoms. The zero-order chi connectivity index (χ0) is 16.5. The topological polar surface area (TPSA) is 63.2 Å². The van der Waals surface area contributed by atoms with Gasteiger partial charge < -0.3 is 5.32 Å². The van der Waals surface area contributed by atoms with Crippen molar-refractivity contribution in [3.63, 3.8) is 0 Å². The van der Waals surface area contributed by atoms with Crippen LogP contribution in [-0.4, -0.2) is 24.8 Å². The predicted molar refractivity (Wildman–Crippen MR) is 91.3 cm³/mol. The highest BCUT2D eigenvalue weighted by Crippen LogP contribution is 2.42. The van der Waals surface area contributed by atoms with Crippen LogP contribution in [0.1, 0.15) is 45.6 Å². The molecule has 1 N–H and O–H groups in total. The van der Waals surface area contributed by atoms with Crippen molar-refractivity contribution < 1.29 is 13.2 Å². The summed E-state index contributed by atoms with van der Waals surface area (Å²) in [4.78, 5) is 12.5. The van der Waals surface area contributed by atoms with E-state index in [4.69, 9.17) is 0 Å². The molecule has 0 aromatic heterocycles. The predicted octanol–water partition coefficient (Wildman–Crippen LogP) is 3.16. The number of sulfone groups is 1. The molecule has 2 rings (SSSR count). The third-order valence-corrected chi connectivity index (χ3v) is 7.47. The monoisotopic (exact) mass is 387 g/mol. The molecule has 22 heavy (non-hydrogen) atoms. The Balaban J connectivity index is 2.22. The summed E-state index contributed by atoms with van der Waals surface area (Å²) in [7, 11) is -3.44. The summed E-state index contributed by atoms with van der Waals surface area (Å²) < 4.78 is 25.3. The highest BCUT2D eigenvalue weighted by molar-refractivity contribution is 9.10. The molecule has 0 radical (unpaired) electrons. The van der Waals surface area contributed by atoms with Gasteiger partial charge in [0.2, 0.25) is 5.91 Å². The van der Waals surface area contributed by atoms with Gasteiger partial charge in [0.05, 0.1) is 10.8 Å². The van der Waals surface area contributed by atoms with Crippen LogP contribution >= 0.6 is 15.9 Å². The van der Waals surface area contributed by atoms with Gasteiger partial charge in [-0.3, -0.25) is 4.79 Å². The summed E-state index contributed by atoms with van der Waals surface area (Å²) in [5, 5.41) is 1.41. The lowest BCUT2D eigenvalue weighted by atomic mass is 9.71. The van der Waals surface area contributed by atoms with Crippen LogP contribution in [0.25, 0.3) is 0 Å². The van der Waals surface area contributed by atoms with E-state index in [2.05, 4.69) is 21.2 Å². The Morgan fingerprint density at radius 3 is 2.36 bits per heavy atom. The van der Waals surface area contributed by atoms with Crippen molar-refractivity contribution in [2.24, 2.45) is 0 Å². The lowest BCUT2D eigenvalue weighted by Crippen LogP contribution is -2.54. The second-order valence-corrected chi connectivity index (χ2v) is 9.96. The molecule has 0 saturated heterocycles. The minimum absolute atomic E-state index is 0.409. The zero-order valence-corrected chi connectivity index (χ0v) is 15.5. The quantitative estimate of drug-likeness (QED) is 0.843. The van der Waals surface area contributed by atoms with Gasteiger partial charge in [0.25, 0.3) is 0 Å². The van der Waals surface area contributed by atoms with Gasteiger partial charge in [-0.15, -0.1) is 0 Å². The average molecular weight is 388 g/mol. The number of rotatable bonds is 5.